The van der Waals surface area contributed by atoms with Crippen LogP contribution in [-0.4, -0.2) is 22.2 Å². The lowest BCUT2D eigenvalue weighted by Gasteiger charge is -2.17. The third-order valence-electron chi connectivity index (χ3n) is 4.84. The highest BCUT2D eigenvalue weighted by molar-refractivity contribution is 5.65. The van der Waals surface area contributed by atoms with E-state index in [2.05, 4.69) is 46.7 Å². The molecule has 2 aromatic carbocycles. The van der Waals surface area contributed by atoms with Gasteiger partial charge >= 0.3 is 6.09 Å². The first-order valence-corrected chi connectivity index (χ1v) is 9.74. The maximum absolute atomic E-state index is 11.2. The summed E-state index contributed by atoms with van der Waals surface area (Å²) in [6.45, 7) is 0. The lowest BCUT2D eigenvalue weighted by Crippen LogP contribution is -2.35. The molecule has 1 aromatic heterocycles. The summed E-state index contributed by atoms with van der Waals surface area (Å²) in [6, 6.07) is 24.4. The molecule has 3 rings (SSSR count). The molecule has 0 aliphatic rings. The lowest BCUT2D eigenvalue weighted by atomic mass is 9.98. The summed E-state index contributed by atoms with van der Waals surface area (Å²) in [5, 5.41) is 11.8. The van der Waals surface area contributed by atoms with Crippen molar-refractivity contribution in [2.24, 2.45) is 0 Å². The zero-order valence-electron chi connectivity index (χ0n) is 15.9. The van der Waals surface area contributed by atoms with Gasteiger partial charge in [-0.2, -0.15) is 0 Å². The van der Waals surface area contributed by atoms with Crippen LogP contribution in [0.4, 0.5) is 4.79 Å². The number of amides is 1. The van der Waals surface area contributed by atoms with E-state index in [9.17, 15) is 4.79 Å². The summed E-state index contributed by atoms with van der Waals surface area (Å²) in [4.78, 5) is 15.5. The third-order valence-corrected chi connectivity index (χ3v) is 4.84. The second-order valence-corrected chi connectivity index (χ2v) is 6.99. The van der Waals surface area contributed by atoms with E-state index in [-0.39, 0.29) is 6.04 Å². The number of carbonyl (C=O) groups is 1. The fraction of sp³-hybridized carbons (Fsp3) is 0.250. The molecule has 3 aromatic rings. The standard InChI is InChI=1S/C24H26N2O2/c27-24(28)26-22(11-5-4-10-19-8-2-1-3-9-19)18-20-13-15-21(16-14-20)23-12-6-7-17-25-23/h1-3,6-9,12-17,22,26H,4-5,10-11,18H2,(H,27,28). The maximum Gasteiger partial charge on any atom is 0.404 e. The Balaban J connectivity index is 1.53. The van der Waals surface area contributed by atoms with Crippen LogP contribution >= 0.6 is 0 Å². The van der Waals surface area contributed by atoms with E-state index >= 15 is 0 Å². The number of hydrogen-bond donors (Lipinski definition) is 2. The molecule has 1 amide bonds. The maximum atomic E-state index is 11.2. The quantitative estimate of drug-likeness (QED) is 0.497. The third kappa shape index (κ3) is 6.23. The van der Waals surface area contributed by atoms with Crippen LogP contribution in [0.15, 0.2) is 79.0 Å². The van der Waals surface area contributed by atoms with E-state index in [1.165, 1.54) is 5.56 Å². The number of unbranched alkanes of at least 4 members (excludes halogenated alkanes) is 1. The molecule has 28 heavy (non-hydrogen) atoms. The summed E-state index contributed by atoms with van der Waals surface area (Å²) in [5.41, 5.74) is 4.46. The minimum absolute atomic E-state index is 0.0750. The number of nitrogens with one attached hydrogen (secondary N) is 1. The van der Waals surface area contributed by atoms with E-state index in [0.717, 1.165) is 42.5 Å². The Bertz CT molecular complexity index is 849. The fourth-order valence-corrected chi connectivity index (χ4v) is 3.39. The van der Waals surface area contributed by atoms with Gasteiger partial charge < -0.3 is 10.4 Å². The zero-order valence-corrected chi connectivity index (χ0v) is 15.9. The molecule has 0 radical (unpaired) electrons. The molecule has 0 aliphatic heterocycles. The number of carboxylic acid groups (broad SMARTS) is 1. The first kappa shape index (κ1) is 19.6. The Labute approximate surface area is 166 Å². The smallest absolute Gasteiger partial charge is 0.404 e. The van der Waals surface area contributed by atoms with E-state index in [1.807, 2.05) is 36.4 Å². The fourth-order valence-electron chi connectivity index (χ4n) is 3.39. The van der Waals surface area contributed by atoms with Gasteiger partial charge in [-0.15, -0.1) is 0 Å². The van der Waals surface area contributed by atoms with Gasteiger partial charge in [-0.05, 0) is 48.9 Å². The number of rotatable bonds is 9. The van der Waals surface area contributed by atoms with E-state index in [4.69, 9.17) is 5.11 Å². The average Bonchev–Trinajstić information content (AvgIpc) is 2.73. The molecule has 0 saturated heterocycles. The lowest BCUT2D eigenvalue weighted by molar-refractivity contribution is 0.188. The molecular weight excluding hydrogens is 348 g/mol. The normalized spacial score (nSPS) is 11.7. The predicted octanol–water partition coefficient (Wildman–Crippen LogP) is 5.34. The number of pyridine rings is 1. The number of aromatic nitrogens is 1. The molecule has 0 spiro atoms. The molecule has 4 heteroatoms. The van der Waals surface area contributed by atoms with Gasteiger partial charge in [-0.25, -0.2) is 4.79 Å². The molecule has 0 bridgehead atoms. The zero-order chi connectivity index (χ0) is 19.6. The summed E-state index contributed by atoms with van der Waals surface area (Å²) >= 11 is 0. The Kier molecular flexibility index (Phi) is 7.19. The molecule has 1 unspecified atom stereocenters. The SMILES string of the molecule is O=C(O)NC(CCCCc1ccccc1)Cc1ccc(-c2ccccn2)cc1. The summed E-state index contributed by atoms with van der Waals surface area (Å²) in [7, 11) is 0. The van der Waals surface area contributed by atoms with Gasteiger partial charge in [0.1, 0.15) is 0 Å². The second-order valence-electron chi connectivity index (χ2n) is 6.99. The van der Waals surface area contributed by atoms with Gasteiger partial charge in [0, 0.05) is 17.8 Å². The topological polar surface area (TPSA) is 62.2 Å². The molecule has 0 fully saturated rings. The van der Waals surface area contributed by atoms with Crippen LogP contribution in [0.2, 0.25) is 0 Å². The van der Waals surface area contributed by atoms with Crippen molar-refractivity contribution in [1.82, 2.24) is 10.3 Å². The number of hydrogen-bond acceptors (Lipinski definition) is 2. The summed E-state index contributed by atoms with van der Waals surface area (Å²) in [5.74, 6) is 0. The molecule has 0 aliphatic carbocycles. The first-order chi connectivity index (χ1) is 13.7. The van der Waals surface area contributed by atoms with Crippen LogP contribution in [0.5, 0.6) is 0 Å². The van der Waals surface area contributed by atoms with E-state index < -0.39 is 6.09 Å². The van der Waals surface area contributed by atoms with Crippen molar-refractivity contribution in [3.63, 3.8) is 0 Å². The van der Waals surface area contributed by atoms with Crippen molar-refractivity contribution in [2.45, 2.75) is 38.1 Å². The molecular formula is C24H26N2O2. The highest BCUT2D eigenvalue weighted by Crippen LogP contribution is 2.18. The van der Waals surface area contributed by atoms with Crippen molar-refractivity contribution in [3.8, 4) is 11.3 Å². The van der Waals surface area contributed by atoms with Gasteiger partial charge in [-0.3, -0.25) is 4.98 Å². The predicted molar refractivity (Wildman–Crippen MR) is 112 cm³/mol. The van der Waals surface area contributed by atoms with Gasteiger partial charge in [0.25, 0.3) is 0 Å². The molecule has 2 N–H and O–H groups in total. The summed E-state index contributed by atoms with van der Waals surface area (Å²) in [6.07, 6.45) is 5.43. The van der Waals surface area contributed by atoms with E-state index in [1.54, 1.807) is 6.20 Å². The van der Waals surface area contributed by atoms with Crippen molar-refractivity contribution in [2.75, 3.05) is 0 Å². The molecule has 1 heterocycles. The number of nitrogens with zero attached hydrogens (tertiary/aromatic N) is 1. The molecule has 1 atom stereocenters. The van der Waals surface area contributed by atoms with E-state index in [0.29, 0.717) is 6.42 Å². The number of benzene rings is 2. The Morgan fingerprint density at radius 3 is 2.32 bits per heavy atom. The highest BCUT2D eigenvalue weighted by Gasteiger charge is 2.12. The molecule has 144 valence electrons. The first-order valence-electron chi connectivity index (χ1n) is 9.74. The van der Waals surface area contributed by atoms with Crippen molar-refractivity contribution < 1.29 is 9.90 Å². The molecule has 4 nitrogen and oxygen atoms in total. The van der Waals surface area contributed by atoms with Crippen LogP contribution in [-0.2, 0) is 12.8 Å². The van der Waals surface area contributed by atoms with Crippen LogP contribution in [0, 0.1) is 0 Å². The minimum atomic E-state index is -0.960. The monoisotopic (exact) mass is 374 g/mol. The Morgan fingerprint density at radius 1 is 0.893 bits per heavy atom. The Morgan fingerprint density at radius 2 is 1.64 bits per heavy atom. The van der Waals surface area contributed by atoms with Crippen LogP contribution in [0.3, 0.4) is 0 Å². The highest BCUT2D eigenvalue weighted by atomic mass is 16.4. The minimum Gasteiger partial charge on any atom is -0.465 e. The Hall–Kier alpha value is -3.14. The second kappa shape index (κ2) is 10.3. The average molecular weight is 374 g/mol. The largest absolute Gasteiger partial charge is 0.465 e. The van der Waals surface area contributed by atoms with Crippen LogP contribution in [0.1, 0.15) is 30.4 Å². The van der Waals surface area contributed by atoms with Crippen molar-refractivity contribution in [1.29, 1.82) is 0 Å². The number of aryl methyl sites for hydroxylation is 1. The van der Waals surface area contributed by atoms with Crippen molar-refractivity contribution in [3.05, 3.63) is 90.1 Å². The van der Waals surface area contributed by atoms with Crippen molar-refractivity contribution >= 4 is 6.09 Å². The van der Waals surface area contributed by atoms with Crippen LogP contribution in [0.25, 0.3) is 11.3 Å². The van der Waals surface area contributed by atoms with Gasteiger partial charge in [-0.1, -0.05) is 67.1 Å². The van der Waals surface area contributed by atoms with Gasteiger partial charge in [0.05, 0.1) is 5.69 Å². The van der Waals surface area contributed by atoms with Gasteiger partial charge in [0.2, 0.25) is 0 Å². The van der Waals surface area contributed by atoms with Gasteiger partial charge in [0.15, 0.2) is 0 Å². The molecule has 0 saturated carbocycles. The van der Waals surface area contributed by atoms with Crippen LogP contribution < -0.4 is 5.32 Å². The summed E-state index contributed by atoms with van der Waals surface area (Å²) < 4.78 is 0.